The summed E-state index contributed by atoms with van der Waals surface area (Å²) < 4.78 is 13.0. The van der Waals surface area contributed by atoms with Crippen LogP contribution in [0, 0.1) is 6.92 Å². The fourth-order valence-corrected chi connectivity index (χ4v) is 4.14. The number of benzene rings is 2. The maximum Gasteiger partial charge on any atom is 0.263 e. The van der Waals surface area contributed by atoms with Gasteiger partial charge in [0.25, 0.3) is 5.56 Å². The van der Waals surface area contributed by atoms with Crippen LogP contribution in [0.25, 0.3) is 16.5 Å². The Bertz CT molecular complexity index is 1050. The van der Waals surface area contributed by atoms with E-state index in [1.807, 2.05) is 43.5 Å². The van der Waals surface area contributed by atoms with Crippen molar-refractivity contribution in [2.75, 3.05) is 25.1 Å². The maximum absolute atomic E-state index is 13.1. The molecular formula is C23H26N2O3. The van der Waals surface area contributed by atoms with Gasteiger partial charge in [-0.15, -0.1) is 0 Å². The van der Waals surface area contributed by atoms with Crippen LogP contribution in [0.1, 0.15) is 19.4 Å². The summed E-state index contributed by atoms with van der Waals surface area (Å²) in [6, 6.07) is 13.8. The highest BCUT2D eigenvalue weighted by atomic mass is 16.5. The summed E-state index contributed by atoms with van der Waals surface area (Å²) in [7, 11) is 1.63. The lowest BCUT2D eigenvalue weighted by Crippen LogP contribution is -2.45. The lowest BCUT2D eigenvalue weighted by molar-refractivity contribution is -0.00521. The van der Waals surface area contributed by atoms with E-state index < -0.39 is 0 Å². The molecule has 1 saturated heterocycles. The Hall–Kier alpha value is -2.79. The molecule has 0 radical (unpaired) electrons. The monoisotopic (exact) mass is 378 g/mol. The van der Waals surface area contributed by atoms with Crippen LogP contribution in [0.5, 0.6) is 5.75 Å². The van der Waals surface area contributed by atoms with E-state index in [1.54, 1.807) is 11.7 Å². The number of pyridine rings is 1. The van der Waals surface area contributed by atoms with Crippen LogP contribution in [-0.4, -0.2) is 37.0 Å². The molecule has 1 fully saturated rings. The van der Waals surface area contributed by atoms with Gasteiger partial charge in [-0.2, -0.15) is 0 Å². The summed E-state index contributed by atoms with van der Waals surface area (Å²) in [5.41, 5.74) is 2.97. The van der Waals surface area contributed by atoms with Crippen molar-refractivity contribution in [3.63, 3.8) is 0 Å². The first-order chi connectivity index (χ1) is 13.5. The lowest BCUT2D eigenvalue weighted by Gasteiger charge is -2.36. The Morgan fingerprint density at radius 2 is 1.64 bits per heavy atom. The zero-order valence-corrected chi connectivity index (χ0v) is 16.8. The minimum absolute atomic E-state index is 0.0409. The normalized spacial score (nSPS) is 19.8. The molecule has 2 aromatic carbocycles. The number of methoxy groups -OCH3 is 1. The molecule has 0 unspecified atom stereocenters. The van der Waals surface area contributed by atoms with Crippen molar-refractivity contribution in [3.05, 3.63) is 64.6 Å². The van der Waals surface area contributed by atoms with E-state index in [0.717, 1.165) is 41.2 Å². The Morgan fingerprint density at radius 1 is 1.00 bits per heavy atom. The van der Waals surface area contributed by atoms with E-state index in [2.05, 4.69) is 30.9 Å². The molecule has 1 aliphatic rings. The Balaban J connectivity index is 1.73. The second-order valence-corrected chi connectivity index (χ2v) is 7.55. The zero-order valence-electron chi connectivity index (χ0n) is 16.8. The van der Waals surface area contributed by atoms with Gasteiger partial charge in [0.2, 0.25) is 0 Å². The van der Waals surface area contributed by atoms with Crippen LogP contribution >= 0.6 is 0 Å². The lowest BCUT2D eigenvalue weighted by atomic mass is 10.1. The van der Waals surface area contributed by atoms with Gasteiger partial charge in [-0.05, 0) is 62.7 Å². The highest BCUT2D eigenvalue weighted by Crippen LogP contribution is 2.27. The smallest absolute Gasteiger partial charge is 0.263 e. The Kier molecular flexibility index (Phi) is 4.85. The summed E-state index contributed by atoms with van der Waals surface area (Å²) >= 11 is 0. The van der Waals surface area contributed by atoms with Gasteiger partial charge in [0.1, 0.15) is 5.75 Å². The molecule has 5 nitrogen and oxygen atoms in total. The number of fused-ring (bicyclic) bond motifs is 1. The van der Waals surface area contributed by atoms with E-state index in [9.17, 15) is 4.79 Å². The van der Waals surface area contributed by atoms with Crippen LogP contribution in [0.4, 0.5) is 5.69 Å². The first kappa shape index (κ1) is 18.6. The van der Waals surface area contributed by atoms with Crippen LogP contribution in [-0.2, 0) is 4.74 Å². The predicted molar refractivity (Wildman–Crippen MR) is 113 cm³/mol. The molecule has 0 saturated carbocycles. The number of hydrogen-bond donors (Lipinski definition) is 0. The number of ether oxygens (including phenoxy) is 2. The highest BCUT2D eigenvalue weighted by Gasteiger charge is 2.22. The van der Waals surface area contributed by atoms with Crippen molar-refractivity contribution in [1.82, 2.24) is 4.57 Å². The summed E-state index contributed by atoms with van der Waals surface area (Å²) in [5, 5.41) is 1.54. The van der Waals surface area contributed by atoms with Gasteiger partial charge in [-0.1, -0.05) is 6.07 Å². The molecule has 28 heavy (non-hydrogen) atoms. The van der Waals surface area contributed by atoms with Gasteiger partial charge in [-0.3, -0.25) is 9.36 Å². The Morgan fingerprint density at radius 3 is 2.29 bits per heavy atom. The second kappa shape index (κ2) is 7.32. The zero-order chi connectivity index (χ0) is 19.8. The van der Waals surface area contributed by atoms with E-state index in [1.165, 1.54) is 0 Å². The molecule has 2 atom stereocenters. The minimum Gasteiger partial charge on any atom is -0.496 e. The van der Waals surface area contributed by atoms with Gasteiger partial charge >= 0.3 is 0 Å². The number of morpholine rings is 1. The van der Waals surface area contributed by atoms with Crippen LogP contribution in [0.15, 0.2) is 53.5 Å². The van der Waals surface area contributed by atoms with Gasteiger partial charge < -0.3 is 14.4 Å². The summed E-state index contributed by atoms with van der Waals surface area (Å²) in [6.45, 7) is 7.95. The molecule has 0 bridgehead atoms. The molecule has 146 valence electrons. The third-order valence-corrected chi connectivity index (χ3v) is 5.33. The first-order valence-electron chi connectivity index (χ1n) is 9.67. The average Bonchev–Trinajstić information content (AvgIpc) is 2.69. The molecule has 4 rings (SSSR count). The predicted octanol–water partition coefficient (Wildman–Crippen LogP) is 3.92. The third-order valence-electron chi connectivity index (χ3n) is 5.33. The van der Waals surface area contributed by atoms with E-state index in [0.29, 0.717) is 5.39 Å². The summed E-state index contributed by atoms with van der Waals surface area (Å²) in [5.74, 6) is 0.727. The van der Waals surface area contributed by atoms with Gasteiger partial charge in [0.05, 0.1) is 24.7 Å². The van der Waals surface area contributed by atoms with E-state index in [4.69, 9.17) is 9.47 Å². The SMILES string of the molecule is COc1cccc2c(=O)n(-c3ccc(N4C[C@@H](C)O[C@@H](C)C4)cc3)cc(C)c12. The number of nitrogens with zero attached hydrogens (tertiary/aromatic N) is 2. The first-order valence-corrected chi connectivity index (χ1v) is 9.67. The van der Waals surface area contributed by atoms with Crippen LogP contribution in [0.2, 0.25) is 0 Å². The third kappa shape index (κ3) is 3.27. The van der Waals surface area contributed by atoms with Crippen molar-refractivity contribution in [2.45, 2.75) is 33.0 Å². The molecule has 1 aliphatic heterocycles. The molecule has 5 heteroatoms. The molecule has 0 N–H and O–H groups in total. The van der Waals surface area contributed by atoms with Crippen molar-refractivity contribution in [1.29, 1.82) is 0 Å². The highest BCUT2D eigenvalue weighted by molar-refractivity contribution is 5.90. The fourth-order valence-electron chi connectivity index (χ4n) is 4.14. The molecule has 0 spiro atoms. The van der Waals surface area contributed by atoms with Gasteiger partial charge in [-0.25, -0.2) is 0 Å². The fraction of sp³-hybridized carbons (Fsp3) is 0.348. The van der Waals surface area contributed by atoms with Crippen LogP contribution in [0.3, 0.4) is 0 Å². The van der Waals surface area contributed by atoms with Crippen molar-refractivity contribution < 1.29 is 9.47 Å². The van der Waals surface area contributed by atoms with Crippen LogP contribution < -0.4 is 15.2 Å². The number of anilines is 1. The standard InChI is InChI=1S/C23H26N2O3/c1-15-12-25(23(26)20-6-5-7-21(27-4)22(15)20)19-10-8-18(9-11-19)24-13-16(2)28-17(3)14-24/h5-12,16-17H,13-14H2,1-4H3/t16-,17+. The van der Waals surface area contributed by atoms with Crippen molar-refractivity contribution >= 4 is 16.5 Å². The second-order valence-electron chi connectivity index (χ2n) is 7.55. The van der Waals surface area contributed by atoms with E-state index in [-0.39, 0.29) is 17.8 Å². The largest absolute Gasteiger partial charge is 0.496 e. The van der Waals surface area contributed by atoms with Crippen molar-refractivity contribution in [3.8, 4) is 11.4 Å². The topological polar surface area (TPSA) is 43.7 Å². The molecule has 3 aromatic rings. The molecular weight excluding hydrogens is 352 g/mol. The number of aryl methyl sites for hydroxylation is 1. The molecule has 1 aromatic heterocycles. The maximum atomic E-state index is 13.1. The van der Waals surface area contributed by atoms with Crippen molar-refractivity contribution in [2.24, 2.45) is 0 Å². The molecule has 0 amide bonds. The number of hydrogen-bond acceptors (Lipinski definition) is 4. The van der Waals surface area contributed by atoms with Gasteiger partial charge in [0, 0.05) is 36.0 Å². The quantitative estimate of drug-likeness (QED) is 0.693. The summed E-state index contributed by atoms with van der Waals surface area (Å²) in [6.07, 6.45) is 2.31. The summed E-state index contributed by atoms with van der Waals surface area (Å²) in [4.78, 5) is 15.4. The number of rotatable bonds is 3. The average molecular weight is 378 g/mol. The molecule has 2 heterocycles. The number of aromatic nitrogens is 1. The van der Waals surface area contributed by atoms with E-state index >= 15 is 0 Å². The molecule has 0 aliphatic carbocycles. The van der Waals surface area contributed by atoms with Gasteiger partial charge in [0.15, 0.2) is 0 Å². The Labute approximate surface area is 165 Å². The minimum atomic E-state index is -0.0409.